The number of hydrogen-bond acceptors (Lipinski definition) is 2. The van der Waals surface area contributed by atoms with Gasteiger partial charge in [0, 0.05) is 17.0 Å². The fraction of sp³-hybridized carbons (Fsp3) is 0.111. The summed E-state index contributed by atoms with van der Waals surface area (Å²) in [6.07, 6.45) is -4.70. The van der Waals surface area contributed by atoms with Gasteiger partial charge in [-0.1, -0.05) is 0 Å². The Morgan fingerprint density at radius 3 is 2.60 bits per heavy atom. The van der Waals surface area contributed by atoms with E-state index in [2.05, 4.69) is 9.72 Å². The predicted octanol–water partition coefficient (Wildman–Crippen LogP) is 2.77. The lowest BCUT2D eigenvalue weighted by atomic mass is 10.2. The SMILES string of the molecule is Oc1cc2cc(OC(F)(F)F)ccc2[nH]1. The number of H-pyrrole nitrogens is 1. The van der Waals surface area contributed by atoms with Crippen LogP contribution in [0.3, 0.4) is 0 Å². The van der Waals surface area contributed by atoms with Crippen molar-refractivity contribution >= 4 is 10.9 Å². The van der Waals surface area contributed by atoms with Crippen LogP contribution in [0.1, 0.15) is 0 Å². The van der Waals surface area contributed by atoms with Gasteiger partial charge in [0.2, 0.25) is 0 Å². The Morgan fingerprint density at radius 1 is 1.20 bits per heavy atom. The molecule has 1 aromatic carbocycles. The van der Waals surface area contributed by atoms with E-state index in [9.17, 15) is 13.2 Å². The topological polar surface area (TPSA) is 45.2 Å². The van der Waals surface area contributed by atoms with Gasteiger partial charge in [0.05, 0.1) is 0 Å². The Bertz CT molecular complexity index is 490. The quantitative estimate of drug-likeness (QED) is 0.771. The second kappa shape index (κ2) is 3.08. The van der Waals surface area contributed by atoms with Crippen LogP contribution < -0.4 is 4.74 Å². The van der Waals surface area contributed by atoms with Crippen molar-refractivity contribution < 1.29 is 23.0 Å². The third-order valence-corrected chi connectivity index (χ3v) is 1.81. The molecule has 2 N–H and O–H groups in total. The number of aromatic nitrogens is 1. The van der Waals surface area contributed by atoms with E-state index in [1.165, 1.54) is 24.3 Å². The molecule has 15 heavy (non-hydrogen) atoms. The molecule has 6 heteroatoms. The first-order valence-electron chi connectivity index (χ1n) is 4.01. The molecule has 0 unspecified atom stereocenters. The summed E-state index contributed by atoms with van der Waals surface area (Å²) in [6, 6.07) is 5.08. The van der Waals surface area contributed by atoms with Gasteiger partial charge in [0.1, 0.15) is 5.75 Å². The third-order valence-electron chi connectivity index (χ3n) is 1.81. The van der Waals surface area contributed by atoms with E-state index >= 15 is 0 Å². The molecule has 0 bridgehead atoms. The zero-order valence-corrected chi connectivity index (χ0v) is 7.30. The van der Waals surface area contributed by atoms with E-state index in [1.807, 2.05) is 0 Å². The minimum absolute atomic E-state index is 0.103. The predicted molar refractivity (Wildman–Crippen MR) is 46.6 cm³/mol. The van der Waals surface area contributed by atoms with E-state index in [0.717, 1.165) is 0 Å². The number of halogens is 3. The van der Waals surface area contributed by atoms with Crippen LogP contribution in [0, 0.1) is 0 Å². The number of nitrogens with one attached hydrogen (secondary N) is 1. The van der Waals surface area contributed by atoms with Gasteiger partial charge >= 0.3 is 6.36 Å². The van der Waals surface area contributed by atoms with Crippen LogP contribution >= 0.6 is 0 Å². The van der Waals surface area contributed by atoms with Crippen molar-refractivity contribution in [3.8, 4) is 11.6 Å². The normalized spacial score (nSPS) is 11.9. The average Bonchev–Trinajstić information content (AvgIpc) is 2.40. The van der Waals surface area contributed by atoms with Gasteiger partial charge < -0.3 is 14.8 Å². The zero-order valence-electron chi connectivity index (χ0n) is 7.30. The highest BCUT2D eigenvalue weighted by atomic mass is 19.4. The smallest absolute Gasteiger partial charge is 0.495 e. The van der Waals surface area contributed by atoms with E-state index < -0.39 is 6.36 Å². The Morgan fingerprint density at radius 2 is 1.93 bits per heavy atom. The molecule has 0 saturated heterocycles. The molecule has 3 nitrogen and oxygen atoms in total. The summed E-state index contributed by atoms with van der Waals surface area (Å²) >= 11 is 0. The van der Waals surface area contributed by atoms with Gasteiger partial charge in [-0.2, -0.15) is 0 Å². The molecular weight excluding hydrogens is 211 g/mol. The largest absolute Gasteiger partial charge is 0.573 e. The van der Waals surface area contributed by atoms with Gasteiger partial charge in [-0.25, -0.2) is 0 Å². The number of hydrogen-bond donors (Lipinski definition) is 2. The molecule has 0 aliphatic carbocycles. The second-order valence-electron chi connectivity index (χ2n) is 2.95. The summed E-state index contributed by atoms with van der Waals surface area (Å²) in [7, 11) is 0. The number of alkyl halides is 3. The Kier molecular flexibility index (Phi) is 1.99. The van der Waals surface area contributed by atoms with Crippen LogP contribution in [0.2, 0.25) is 0 Å². The number of fused-ring (bicyclic) bond motifs is 1. The first-order valence-corrected chi connectivity index (χ1v) is 4.01. The minimum atomic E-state index is -4.70. The number of ether oxygens (including phenoxy) is 1. The summed E-state index contributed by atoms with van der Waals surface area (Å²) in [4.78, 5) is 2.57. The van der Waals surface area contributed by atoms with Crippen molar-refractivity contribution in [3.63, 3.8) is 0 Å². The summed E-state index contributed by atoms with van der Waals surface area (Å²) in [6.45, 7) is 0. The van der Waals surface area contributed by atoms with E-state index in [1.54, 1.807) is 0 Å². The standard InChI is InChI=1S/C9H6F3NO2/c10-9(11,12)15-6-1-2-7-5(3-6)4-8(14)13-7/h1-4,13-14H. The van der Waals surface area contributed by atoms with Crippen molar-refractivity contribution in [2.75, 3.05) is 0 Å². The van der Waals surface area contributed by atoms with Crippen LogP contribution in [-0.2, 0) is 0 Å². The molecule has 0 spiro atoms. The summed E-state index contributed by atoms with van der Waals surface area (Å²) in [5, 5.41) is 9.51. The second-order valence-corrected chi connectivity index (χ2v) is 2.95. The lowest BCUT2D eigenvalue weighted by molar-refractivity contribution is -0.274. The monoisotopic (exact) mass is 217 g/mol. The molecule has 0 saturated carbocycles. The summed E-state index contributed by atoms with van der Waals surface area (Å²) < 4.78 is 39.3. The molecule has 1 aromatic heterocycles. The van der Waals surface area contributed by atoms with Gasteiger partial charge in [-0.15, -0.1) is 13.2 Å². The fourth-order valence-electron chi connectivity index (χ4n) is 1.29. The molecule has 0 radical (unpaired) electrons. The molecule has 0 amide bonds. The van der Waals surface area contributed by atoms with Crippen molar-refractivity contribution in [3.05, 3.63) is 24.3 Å². The average molecular weight is 217 g/mol. The first kappa shape index (κ1) is 9.70. The summed E-state index contributed by atoms with van der Waals surface area (Å²) in [5.41, 5.74) is 0.544. The van der Waals surface area contributed by atoms with Crippen LogP contribution in [0.15, 0.2) is 24.3 Å². The van der Waals surface area contributed by atoms with Crippen molar-refractivity contribution in [1.82, 2.24) is 4.98 Å². The maximum absolute atomic E-state index is 11.9. The lowest BCUT2D eigenvalue weighted by Crippen LogP contribution is -2.16. The van der Waals surface area contributed by atoms with E-state index in [4.69, 9.17) is 5.11 Å². The van der Waals surface area contributed by atoms with Crippen LogP contribution in [0.5, 0.6) is 11.6 Å². The lowest BCUT2D eigenvalue weighted by Gasteiger charge is -2.08. The molecule has 1 heterocycles. The van der Waals surface area contributed by atoms with Gasteiger partial charge in [0.25, 0.3) is 0 Å². The fourth-order valence-corrected chi connectivity index (χ4v) is 1.29. The number of rotatable bonds is 1. The first-order chi connectivity index (χ1) is 6.94. The summed E-state index contributed by atoms with van der Waals surface area (Å²) in [5.74, 6) is -0.414. The Labute approximate surface area is 82.1 Å². The molecule has 0 atom stereocenters. The molecule has 0 fully saturated rings. The molecule has 2 aromatic rings. The highest BCUT2D eigenvalue weighted by Crippen LogP contribution is 2.27. The Hall–Kier alpha value is -1.85. The molecule has 0 aliphatic heterocycles. The van der Waals surface area contributed by atoms with Crippen LogP contribution in [0.4, 0.5) is 13.2 Å². The number of aromatic amines is 1. The molecule has 2 rings (SSSR count). The minimum Gasteiger partial charge on any atom is -0.495 e. The number of benzene rings is 1. The zero-order chi connectivity index (χ0) is 11.1. The third kappa shape index (κ3) is 2.15. The molecular formula is C9H6F3NO2. The van der Waals surface area contributed by atoms with Crippen molar-refractivity contribution in [2.24, 2.45) is 0 Å². The van der Waals surface area contributed by atoms with Crippen molar-refractivity contribution in [2.45, 2.75) is 6.36 Å². The van der Waals surface area contributed by atoms with Crippen LogP contribution in [0.25, 0.3) is 10.9 Å². The van der Waals surface area contributed by atoms with Gasteiger partial charge in [0.15, 0.2) is 5.88 Å². The maximum Gasteiger partial charge on any atom is 0.573 e. The van der Waals surface area contributed by atoms with E-state index in [0.29, 0.717) is 10.9 Å². The molecule has 0 aliphatic rings. The molecule has 80 valence electrons. The van der Waals surface area contributed by atoms with Gasteiger partial charge in [-0.3, -0.25) is 0 Å². The van der Waals surface area contributed by atoms with Crippen LogP contribution in [-0.4, -0.2) is 16.5 Å². The maximum atomic E-state index is 11.9. The van der Waals surface area contributed by atoms with E-state index in [-0.39, 0.29) is 11.6 Å². The Balaban J connectivity index is 2.38. The van der Waals surface area contributed by atoms with Crippen molar-refractivity contribution in [1.29, 1.82) is 0 Å². The highest BCUT2D eigenvalue weighted by Gasteiger charge is 2.31. The highest BCUT2D eigenvalue weighted by molar-refractivity contribution is 5.82. The number of aromatic hydroxyl groups is 1. The van der Waals surface area contributed by atoms with Gasteiger partial charge in [-0.05, 0) is 18.2 Å².